The molecule has 1 aromatic carbocycles. The van der Waals surface area contributed by atoms with Gasteiger partial charge in [-0.25, -0.2) is 0 Å². The SMILES string of the molecule is Cc1nn(C2CCNC2)c2ccccc12. The quantitative estimate of drug-likeness (QED) is 0.763. The highest BCUT2D eigenvalue weighted by Crippen LogP contribution is 2.23. The molecule has 15 heavy (non-hydrogen) atoms. The Hall–Kier alpha value is -1.35. The average Bonchev–Trinajstić information content (AvgIpc) is 2.87. The second-order valence-electron chi connectivity index (χ2n) is 4.19. The van der Waals surface area contributed by atoms with Crippen molar-refractivity contribution in [3.63, 3.8) is 0 Å². The van der Waals surface area contributed by atoms with Crippen molar-refractivity contribution in [1.29, 1.82) is 0 Å². The zero-order valence-corrected chi connectivity index (χ0v) is 8.90. The lowest BCUT2D eigenvalue weighted by Gasteiger charge is -2.10. The van der Waals surface area contributed by atoms with Crippen LogP contribution in [0.1, 0.15) is 18.2 Å². The Morgan fingerprint density at radius 2 is 2.27 bits per heavy atom. The van der Waals surface area contributed by atoms with Gasteiger partial charge in [-0.15, -0.1) is 0 Å². The first kappa shape index (κ1) is 8.92. The summed E-state index contributed by atoms with van der Waals surface area (Å²) in [7, 11) is 0. The lowest BCUT2D eigenvalue weighted by Crippen LogP contribution is -2.14. The highest BCUT2D eigenvalue weighted by atomic mass is 15.3. The van der Waals surface area contributed by atoms with Crippen molar-refractivity contribution in [3.05, 3.63) is 30.0 Å². The number of nitrogens with one attached hydrogen (secondary N) is 1. The molecule has 0 amide bonds. The van der Waals surface area contributed by atoms with E-state index in [0.717, 1.165) is 18.8 Å². The van der Waals surface area contributed by atoms with Gasteiger partial charge < -0.3 is 5.32 Å². The van der Waals surface area contributed by atoms with Crippen LogP contribution >= 0.6 is 0 Å². The molecule has 3 rings (SSSR count). The predicted octanol–water partition coefficient (Wildman–Crippen LogP) is 1.88. The normalized spacial score (nSPS) is 21.3. The number of para-hydroxylation sites is 1. The molecule has 1 saturated heterocycles. The fraction of sp³-hybridized carbons (Fsp3) is 0.417. The number of nitrogens with zero attached hydrogens (tertiary/aromatic N) is 2. The zero-order valence-electron chi connectivity index (χ0n) is 8.90. The molecule has 1 unspecified atom stereocenters. The van der Waals surface area contributed by atoms with Crippen LogP contribution in [0.5, 0.6) is 0 Å². The first-order valence-electron chi connectivity index (χ1n) is 5.51. The van der Waals surface area contributed by atoms with E-state index in [1.165, 1.54) is 17.3 Å². The van der Waals surface area contributed by atoms with Crippen LogP contribution in [0.25, 0.3) is 10.9 Å². The van der Waals surface area contributed by atoms with Crippen molar-refractivity contribution in [2.24, 2.45) is 0 Å². The molecule has 3 nitrogen and oxygen atoms in total. The maximum Gasteiger partial charge on any atom is 0.0689 e. The molecule has 1 aliphatic rings. The summed E-state index contributed by atoms with van der Waals surface area (Å²) in [6.45, 7) is 4.24. The van der Waals surface area contributed by atoms with Gasteiger partial charge in [-0.05, 0) is 26.0 Å². The largest absolute Gasteiger partial charge is 0.315 e. The molecule has 2 aromatic rings. The molecule has 1 aromatic heterocycles. The molecule has 0 radical (unpaired) electrons. The van der Waals surface area contributed by atoms with E-state index in [2.05, 4.69) is 46.3 Å². The van der Waals surface area contributed by atoms with E-state index in [4.69, 9.17) is 0 Å². The topological polar surface area (TPSA) is 29.9 Å². The average molecular weight is 201 g/mol. The fourth-order valence-corrected chi connectivity index (χ4v) is 2.38. The van der Waals surface area contributed by atoms with Gasteiger partial charge >= 0.3 is 0 Å². The number of fused-ring (bicyclic) bond motifs is 1. The van der Waals surface area contributed by atoms with Crippen molar-refractivity contribution in [3.8, 4) is 0 Å². The van der Waals surface area contributed by atoms with E-state index >= 15 is 0 Å². The molecule has 1 aliphatic heterocycles. The van der Waals surface area contributed by atoms with Gasteiger partial charge in [-0.3, -0.25) is 4.68 Å². The van der Waals surface area contributed by atoms with Gasteiger partial charge in [0.1, 0.15) is 0 Å². The molecule has 1 N–H and O–H groups in total. The second kappa shape index (κ2) is 3.35. The summed E-state index contributed by atoms with van der Waals surface area (Å²) >= 11 is 0. The van der Waals surface area contributed by atoms with Crippen LogP contribution in [0.4, 0.5) is 0 Å². The number of benzene rings is 1. The number of hydrogen-bond donors (Lipinski definition) is 1. The monoisotopic (exact) mass is 201 g/mol. The van der Waals surface area contributed by atoms with Crippen LogP contribution in [0.2, 0.25) is 0 Å². The molecule has 0 bridgehead atoms. The third kappa shape index (κ3) is 1.35. The third-order valence-corrected chi connectivity index (χ3v) is 3.18. The molecular formula is C12H15N3. The van der Waals surface area contributed by atoms with Gasteiger partial charge in [-0.2, -0.15) is 5.10 Å². The number of hydrogen-bond acceptors (Lipinski definition) is 2. The van der Waals surface area contributed by atoms with E-state index < -0.39 is 0 Å². The van der Waals surface area contributed by atoms with E-state index in [9.17, 15) is 0 Å². The Kier molecular flexibility index (Phi) is 1.99. The Balaban J connectivity index is 2.17. The molecule has 2 heterocycles. The number of rotatable bonds is 1. The van der Waals surface area contributed by atoms with Crippen LogP contribution in [-0.2, 0) is 0 Å². The summed E-state index contributed by atoms with van der Waals surface area (Å²) < 4.78 is 2.19. The minimum Gasteiger partial charge on any atom is -0.315 e. The van der Waals surface area contributed by atoms with Gasteiger partial charge in [0, 0.05) is 11.9 Å². The minimum absolute atomic E-state index is 0.531. The first-order valence-corrected chi connectivity index (χ1v) is 5.51. The maximum absolute atomic E-state index is 4.65. The predicted molar refractivity (Wildman–Crippen MR) is 61.0 cm³/mol. The smallest absolute Gasteiger partial charge is 0.0689 e. The molecule has 0 saturated carbocycles. The Labute approximate surface area is 89.1 Å². The van der Waals surface area contributed by atoms with Crippen LogP contribution < -0.4 is 5.32 Å². The van der Waals surface area contributed by atoms with Crippen LogP contribution in [0.15, 0.2) is 24.3 Å². The molecule has 0 spiro atoms. The van der Waals surface area contributed by atoms with Crippen molar-refractivity contribution in [2.75, 3.05) is 13.1 Å². The van der Waals surface area contributed by atoms with E-state index in [1.807, 2.05) is 0 Å². The highest BCUT2D eigenvalue weighted by Gasteiger charge is 2.19. The van der Waals surface area contributed by atoms with E-state index in [-0.39, 0.29) is 0 Å². The molecule has 1 fully saturated rings. The number of aromatic nitrogens is 2. The molecule has 3 heteroatoms. The second-order valence-corrected chi connectivity index (χ2v) is 4.19. The molecule has 1 atom stereocenters. The van der Waals surface area contributed by atoms with Crippen LogP contribution in [-0.4, -0.2) is 22.9 Å². The van der Waals surface area contributed by atoms with Crippen molar-refractivity contribution in [2.45, 2.75) is 19.4 Å². The standard InChI is InChI=1S/C12H15N3/c1-9-11-4-2-3-5-12(11)15(14-9)10-6-7-13-8-10/h2-5,10,13H,6-8H2,1H3. The van der Waals surface area contributed by atoms with E-state index in [0.29, 0.717) is 6.04 Å². The molecule has 0 aliphatic carbocycles. The van der Waals surface area contributed by atoms with Gasteiger partial charge in [0.05, 0.1) is 17.3 Å². The van der Waals surface area contributed by atoms with Crippen LogP contribution in [0, 0.1) is 6.92 Å². The van der Waals surface area contributed by atoms with Gasteiger partial charge in [0.2, 0.25) is 0 Å². The molecule has 78 valence electrons. The Morgan fingerprint density at radius 3 is 3.07 bits per heavy atom. The minimum atomic E-state index is 0.531. The van der Waals surface area contributed by atoms with Gasteiger partial charge in [0.15, 0.2) is 0 Å². The molecular weight excluding hydrogens is 186 g/mol. The summed E-state index contributed by atoms with van der Waals surface area (Å²) in [5, 5.41) is 9.31. The Morgan fingerprint density at radius 1 is 1.40 bits per heavy atom. The van der Waals surface area contributed by atoms with Gasteiger partial charge in [-0.1, -0.05) is 18.2 Å². The van der Waals surface area contributed by atoms with Gasteiger partial charge in [0.25, 0.3) is 0 Å². The lowest BCUT2D eigenvalue weighted by atomic mass is 10.2. The van der Waals surface area contributed by atoms with Crippen LogP contribution in [0.3, 0.4) is 0 Å². The van der Waals surface area contributed by atoms with Crippen molar-refractivity contribution in [1.82, 2.24) is 15.1 Å². The first-order chi connectivity index (χ1) is 7.36. The van der Waals surface area contributed by atoms with Crippen molar-refractivity contribution >= 4 is 10.9 Å². The summed E-state index contributed by atoms with van der Waals surface area (Å²) in [5.74, 6) is 0. The summed E-state index contributed by atoms with van der Waals surface area (Å²) in [6.07, 6.45) is 1.19. The lowest BCUT2D eigenvalue weighted by molar-refractivity contribution is 0.503. The highest BCUT2D eigenvalue weighted by molar-refractivity contribution is 5.81. The van der Waals surface area contributed by atoms with Crippen molar-refractivity contribution < 1.29 is 0 Å². The zero-order chi connectivity index (χ0) is 10.3. The Bertz CT molecular complexity index is 481. The van der Waals surface area contributed by atoms with E-state index in [1.54, 1.807) is 0 Å². The summed E-state index contributed by atoms with van der Waals surface area (Å²) in [5.41, 5.74) is 2.40. The fourth-order valence-electron chi connectivity index (χ4n) is 2.38. The number of aryl methyl sites for hydroxylation is 1. The summed E-state index contributed by atoms with van der Waals surface area (Å²) in [6, 6.07) is 9.00. The maximum atomic E-state index is 4.65. The summed E-state index contributed by atoms with van der Waals surface area (Å²) in [4.78, 5) is 0. The third-order valence-electron chi connectivity index (χ3n) is 3.18.